The number of rotatable bonds is 2. The van der Waals surface area contributed by atoms with E-state index in [4.69, 9.17) is 0 Å². The highest BCUT2D eigenvalue weighted by Gasteiger charge is 2.18. The summed E-state index contributed by atoms with van der Waals surface area (Å²) in [5.41, 5.74) is 0. The molecule has 0 spiro atoms. The van der Waals surface area contributed by atoms with Gasteiger partial charge < -0.3 is 10.2 Å². The highest BCUT2D eigenvalue weighted by Crippen LogP contribution is 2.15. The molecule has 0 aromatic rings. The number of hydrogen-bond donors (Lipinski definition) is 1. The highest BCUT2D eigenvalue weighted by atomic mass is 32.2. The molecule has 0 saturated carbocycles. The first-order valence-electron chi connectivity index (χ1n) is 5.46. The predicted molar refractivity (Wildman–Crippen MR) is 59.4 cm³/mol. The van der Waals surface area contributed by atoms with E-state index in [1.165, 1.54) is 57.1 Å². The Morgan fingerprint density at radius 1 is 1.31 bits per heavy atom. The van der Waals surface area contributed by atoms with Crippen LogP contribution in [0.5, 0.6) is 0 Å². The Bertz CT molecular complexity index is 124. The van der Waals surface area contributed by atoms with Gasteiger partial charge in [-0.3, -0.25) is 0 Å². The molecule has 1 atom stereocenters. The highest BCUT2D eigenvalue weighted by molar-refractivity contribution is 7.99. The van der Waals surface area contributed by atoms with Crippen LogP contribution in [0.4, 0.5) is 0 Å². The van der Waals surface area contributed by atoms with E-state index in [-0.39, 0.29) is 0 Å². The molecular weight excluding hydrogens is 180 g/mol. The lowest BCUT2D eigenvalue weighted by molar-refractivity contribution is 0.224. The van der Waals surface area contributed by atoms with Crippen molar-refractivity contribution in [2.75, 3.05) is 44.2 Å². The zero-order chi connectivity index (χ0) is 8.93. The van der Waals surface area contributed by atoms with E-state index < -0.39 is 0 Å². The molecule has 2 aliphatic rings. The van der Waals surface area contributed by atoms with Crippen LogP contribution in [0.25, 0.3) is 0 Å². The minimum absolute atomic E-state index is 0.928. The molecule has 0 amide bonds. The van der Waals surface area contributed by atoms with Gasteiger partial charge in [0.1, 0.15) is 0 Å². The Hall–Kier alpha value is 0.270. The van der Waals surface area contributed by atoms with Gasteiger partial charge in [0.15, 0.2) is 0 Å². The predicted octanol–water partition coefficient (Wildman–Crippen LogP) is 1.03. The molecule has 1 unspecified atom stereocenters. The molecule has 1 N–H and O–H groups in total. The molecule has 0 radical (unpaired) electrons. The maximum atomic E-state index is 3.49. The molecule has 0 aromatic heterocycles. The third kappa shape index (κ3) is 3.15. The van der Waals surface area contributed by atoms with Crippen LogP contribution in [-0.4, -0.2) is 49.1 Å². The molecule has 13 heavy (non-hydrogen) atoms. The Kier molecular flexibility index (Phi) is 3.94. The van der Waals surface area contributed by atoms with Gasteiger partial charge in [-0.25, -0.2) is 0 Å². The van der Waals surface area contributed by atoms with Crippen molar-refractivity contribution in [2.24, 2.45) is 5.92 Å². The van der Waals surface area contributed by atoms with Crippen molar-refractivity contribution in [1.82, 2.24) is 10.2 Å². The first kappa shape index (κ1) is 9.81. The quantitative estimate of drug-likeness (QED) is 0.717. The van der Waals surface area contributed by atoms with Crippen LogP contribution in [0, 0.1) is 5.92 Å². The summed E-state index contributed by atoms with van der Waals surface area (Å²) in [7, 11) is 0. The third-order valence-corrected chi connectivity index (χ3v) is 3.96. The molecule has 0 bridgehead atoms. The monoisotopic (exact) mass is 200 g/mol. The third-order valence-electron chi connectivity index (χ3n) is 3.02. The van der Waals surface area contributed by atoms with Gasteiger partial charge in [-0.2, -0.15) is 11.8 Å². The van der Waals surface area contributed by atoms with Crippen LogP contribution < -0.4 is 5.32 Å². The van der Waals surface area contributed by atoms with Crippen molar-refractivity contribution < 1.29 is 0 Å². The molecule has 3 heteroatoms. The van der Waals surface area contributed by atoms with Gasteiger partial charge in [-0.1, -0.05) is 0 Å². The summed E-state index contributed by atoms with van der Waals surface area (Å²) in [6.45, 7) is 6.48. The van der Waals surface area contributed by atoms with Gasteiger partial charge in [0.05, 0.1) is 0 Å². The summed E-state index contributed by atoms with van der Waals surface area (Å²) in [6, 6.07) is 0. The lowest BCUT2D eigenvalue weighted by Crippen LogP contribution is -2.41. The maximum absolute atomic E-state index is 3.49. The first-order chi connectivity index (χ1) is 6.45. The lowest BCUT2D eigenvalue weighted by Gasteiger charge is -2.32. The SMILES string of the molecule is C1CNCC(CN2CCSCC2)C1. The number of piperidine rings is 1. The van der Waals surface area contributed by atoms with Gasteiger partial charge in [-0.15, -0.1) is 0 Å². The molecule has 2 aliphatic heterocycles. The fourth-order valence-corrected chi connectivity index (χ4v) is 3.21. The largest absolute Gasteiger partial charge is 0.316 e. The van der Waals surface area contributed by atoms with Crippen molar-refractivity contribution in [1.29, 1.82) is 0 Å². The Morgan fingerprint density at radius 3 is 2.85 bits per heavy atom. The van der Waals surface area contributed by atoms with E-state index in [0.29, 0.717) is 0 Å². The summed E-state index contributed by atoms with van der Waals surface area (Å²) in [4.78, 5) is 2.65. The fraction of sp³-hybridized carbons (Fsp3) is 1.00. The van der Waals surface area contributed by atoms with Gasteiger partial charge >= 0.3 is 0 Å². The minimum atomic E-state index is 0.928. The molecular formula is C10H20N2S. The summed E-state index contributed by atoms with van der Waals surface area (Å²) < 4.78 is 0. The molecule has 2 heterocycles. The summed E-state index contributed by atoms with van der Waals surface area (Å²) in [6.07, 6.45) is 2.82. The summed E-state index contributed by atoms with van der Waals surface area (Å²) in [5.74, 6) is 3.62. The maximum Gasteiger partial charge on any atom is 0.00728 e. The van der Waals surface area contributed by atoms with Crippen LogP contribution in [0.1, 0.15) is 12.8 Å². The summed E-state index contributed by atoms with van der Waals surface area (Å²) >= 11 is 2.10. The standard InChI is InChI=1S/C10H20N2S/c1-2-10(8-11-3-1)9-12-4-6-13-7-5-12/h10-11H,1-9H2. The first-order valence-corrected chi connectivity index (χ1v) is 6.61. The fourth-order valence-electron chi connectivity index (χ4n) is 2.23. The van der Waals surface area contributed by atoms with Crippen molar-refractivity contribution in [3.8, 4) is 0 Å². The lowest BCUT2D eigenvalue weighted by atomic mass is 9.99. The molecule has 2 nitrogen and oxygen atoms in total. The zero-order valence-electron chi connectivity index (χ0n) is 8.30. The number of nitrogens with one attached hydrogen (secondary N) is 1. The smallest absolute Gasteiger partial charge is 0.00728 e. The molecule has 2 fully saturated rings. The topological polar surface area (TPSA) is 15.3 Å². The molecule has 2 rings (SSSR count). The van der Waals surface area contributed by atoms with E-state index in [9.17, 15) is 0 Å². The summed E-state index contributed by atoms with van der Waals surface area (Å²) in [5, 5.41) is 3.49. The second-order valence-electron chi connectivity index (χ2n) is 4.13. The van der Waals surface area contributed by atoms with Crippen molar-refractivity contribution in [3.63, 3.8) is 0 Å². The van der Waals surface area contributed by atoms with E-state index >= 15 is 0 Å². The average Bonchev–Trinajstić information content (AvgIpc) is 2.21. The van der Waals surface area contributed by atoms with E-state index in [1.54, 1.807) is 0 Å². The van der Waals surface area contributed by atoms with Gasteiger partial charge in [0.25, 0.3) is 0 Å². The van der Waals surface area contributed by atoms with Crippen molar-refractivity contribution in [3.05, 3.63) is 0 Å². The Morgan fingerprint density at radius 2 is 2.15 bits per heavy atom. The van der Waals surface area contributed by atoms with Crippen LogP contribution in [0.3, 0.4) is 0 Å². The van der Waals surface area contributed by atoms with Crippen molar-refractivity contribution in [2.45, 2.75) is 12.8 Å². The number of nitrogens with zero attached hydrogens (tertiary/aromatic N) is 1. The van der Waals surface area contributed by atoms with E-state index in [1.807, 2.05) is 0 Å². The average molecular weight is 200 g/mol. The van der Waals surface area contributed by atoms with Crippen LogP contribution >= 0.6 is 11.8 Å². The number of hydrogen-bond acceptors (Lipinski definition) is 3. The normalized spacial score (nSPS) is 31.8. The second kappa shape index (κ2) is 5.23. The van der Waals surface area contributed by atoms with E-state index in [2.05, 4.69) is 22.0 Å². The van der Waals surface area contributed by atoms with Crippen LogP contribution in [0.15, 0.2) is 0 Å². The van der Waals surface area contributed by atoms with Gasteiger partial charge in [0.2, 0.25) is 0 Å². The second-order valence-corrected chi connectivity index (χ2v) is 5.35. The molecule has 76 valence electrons. The molecule has 2 saturated heterocycles. The van der Waals surface area contributed by atoms with Crippen molar-refractivity contribution >= 4 is 11.8 Å². The van der Waals surface area contributed by atoms with E-state index in [0.717, 1.165) is 5.92 Å². The zero-order valence-corrected chi connectivity index (χ0v) is 9.11. The van der Waals surface area contributed by atoms with Gasteiger partial charge in [0, 0.05) is 31.1 Å². The Balaban J connectivity index is 1.69. The minimum Gasteiger partial charge on any atom is -0.316 e. The molecule has 0 aromatic carbocycles. The Labute approximate surface area is 85.4 Å². The molecule has 0 aliphatic carbocycles. The van der Waals surface area contributed by atoms with Gasteiger partial charge in [-0.05, 0) is 31.8 Å². The number of thioether (sulfide) groups is 1. The van der Waals surface area contributed by atoms with Crippen LogP contribution in [-0.2, 0) is 0 Å². The van der Waals surface area contributed by atoms with Crippen LogP contribution in [0.2, 0.25) is 0 Å².